The lowest BCUT2D eigenvalue weighted by atomic mass is 9.89. The van der Waals surface area contributed by atoms with Crippen LogP contribution in [0.3, 0.4) is 0 Å². The van der Waals surface area contributed by atoms with E-state index in [0.29, 0.717) is 22.5 Å². The molecule has 1 fully saturated rings. The van der Waals surface area contributed by atoms with Crippen LogP contribution in [0.15, 0.2) is 48.5 Å². The monoisotopic (exact) mass is 390 g/mol. The van der Waals surface area contributed by atoms with Gasteiger partial charge in [0.1, 0.15) is 0 Å². The Balaban J connectivity index is 1.45. The molecule has 0 saturated carbocycles. The van der Waals surface area contributed by atoms with Gasteiger partial charge in [-0.15, -0.1) is 0 Å². The molecule has 2 aromatic carbocycles. The molecule has 2 nitrogen and oxygen atoms in total. The molecule has 1 unspecified atom stereocenters. The van der Waals surface area contributed by atoms with Crippen molar-refractivity contribution in [2.45, 2.75) is 31.6 Å². The minimum absolute atomic E-state index is 0.340. The molecule has 1 aliphatic heterocycles. The maximum absolute atomic E-state index is 6.16. The number of benzene rings is 2. The molecule has 0 radical (unpaired) electrons. The van der Waals surface area contributed by atoms with Gasteiger partial charge in [0.25, 0.3) is 0 Å². The Labute approximate surface area is 167 Å². The SMILES string of the molecule is NCC(CCN1CCC(Cc2ccccc2)CC1)c1ccc(Cl)c(Cl)c1. The van der Waals surface area contributed by atoms with Crippen LogP contribution in [0.5, 0.6) is 0 Å². The average molecular weight is 391 g/mol. The quantitative estimate of drug-likeness (QED) is 0.687. The van der Waals surface area contributed by atoms with Gasteiger partial charge in [-0.1, -0.05) is 59.6 Å². The van der Waals surface area contributed by atoms with Gasteiger partial charge >= 0.3 is 0 Å². The fraction of sp³-hybridized carbons (Fsp3) is 0.455. The maximum atomic E-state index is 6.16. The van der Waals surface area contributed by atoms with Crippen molar-refractivity contribution in [1.29, 1.82) is 0 Å². The molecule has 3 rings (SSSR count). The van der Waals surface area contributed by atoms with E-state index in [9.17, 15) is 0 Å². The summed E-state index contributed by atoms with van der Waals surface area (Å²) in [5, 5.41) is 1.22. The van der Waals surface area contributed by atoms with Gasteiger partial charge in [-0.2, -0.15) is 0 Å². The Morgan fingerprint density at radius 1 is 1.00 bits per heavy atom. The molecule has 1 aliphatic rings. The fourth-order valence-corrected chi connectivity index (χ4v) is 4.19. The number of rotatable bonds is 7. The summed E-state index contributed by atoms with van der Waals surface area (Å²) in [6.07, 6.45) is 4.85. The number of halogens is 2. The summed E-state index contributed by atoms with van der Waals surface area (Å²) < 4.78 is 0. The van der Waals surface area contributed by atoms with E-state index < -0.39 is 0 Å². The van der Waals surface area contributed by atoms with Crippen molar-refractivity contribution in [2.75, 3.05) is 26.2 Å². The first kappa shape index (κ1) is 19.7. The molecule has 0 aromatic heterocycles. The lowest BCUT2D eigenvalue weighted by Crippen LogP contribution is -2.36. The predicted molar refractivity (Wildman–Crippen MR) is 112 cm³/mol. The van der Waals surface area contributed by atoms with Crippen molar-refractivity contribution in [3.63, 3.8) is 0 Å². The average Bonchev–Trinajstić information content (AvgIpc) is 2.67. The van der Waals surface area contributed by atoms with Crippen molar-refractivity contribution in [3.05, 3.63) is 69.7 Å². The Morgan fingerprint density at radius 2 is 1.73 bits per heavy atom. The summed E-state index contributed by atoms with van der Waals surface area (Å²) in [5.74, 6) is 1.15. The molecule has 2 aromatic rings. The normalized spacial score (nSPS) is 17.3. The summed E-state index contributed by atoms with van der Waals surface area (Å²) in [4.78, 5) is 2.58. The van der Waals surface area contributed by atoms with E-state index in [1.54, 1.807) is 0 Å². The van der Waals surface area contributed by atoms with Crippen molar-refractivity contribution in [2.24, 2.45) is 11.7 Å². The highest BCUT2D eigenvalue weighted by Gasteiger charge is 2.20. The second-order valence-electron chi connectivity index (χ2n) is 7.37. The van der Waals surface area contributed by atoms with Gasteiger partial charge in [0, 0.05) is 0 Å². The molecule has 140 valence electrons. The first-order chi connectivity index (χ1) is 12.7. The molecular formula is C22H28Cl2N2. The summed E-state index contributed by atoms with van der Waals surface area (Å²) >= 11 is 12.2. The van der Waals surface area contributed by atoms with Crippen LogP contribution in [-0.2, 0) is 6.42 Å². The number of nitrogens with two attached hydrogens (primary N) is 1. The highest BCUT2D eigenvalue weighted by atomic mass is 35.5. The summed E-state index contributed by atoms with van der Waals surface area (Å²) in [7, 11) is 0. The van der Waals surface area contributed by atoms with Gasteiger partial charge in [-0.05, 0) is 87.0 Å². The van der Waals surface area contributed by atoms with Crippen LogP contribution in [0.2, 0.25) is 10.0 Å². The van der Waals surface area contributed by atoms with Crippen LogP contribution in [0, 0.1) is 5.92 Å². The van der Waals surface area contributed by atoms with E-state index in [-0.39, 0.29) is 0 Å². The highest BCUT2D eigenvalue weighted by Crippen LogP contribution is 2.28. The summed E-state index contributed by atoms with van der Waals surface area (Å²) in [6.45, 7) is 4.12. The largest absolute Gasteiger partial charge is 0.330 e. The number of hydrogen-bond donors (Lipinski definition) is 1. The Morgan fingerprint density at radius 3 is 2.38 bits per heavy atom. The third kappa shape index (κ3) is 5.47. The maximum Gasteiger partial charge on any atom is 0.0595 e. The number of piperidine rings is 1. The van der Waals surface area contributed by atoms with Gasteiger partial charge in [-0.3, -0.25) is 0 Å². The molecule has 1 heterocycles. The zero-order chi connectivity index (χ0) is 18.4. The first-order valence-corrected chi connectivity index (χ1v) is 10.3. The van der Waals surface area contributed by atoms with E-state index >= 15 is 0 Å². The smallest absolute Gasteiger partial charge is 0.0595 e. The molecular weight excluding hydrogens is 363 g/mol. The van der Waals surface area contributed by atoms with E-state index in [4.69, 9.17) is 28.9 Å². The molecule has 26 heavy (non-hydrogen) atoms. The van der Waals surface area contributed by atoms with Gasteiger partial charge in [0.2, 0.25) is 0 Å². The first-order valence-electron chi connectivity index (χ1n) is 9.57. The zero-order valence-electron chi connectivity index (χ0n) is 15.2. The van der Waals surface area contributed by atoms with E-state index in [2.05, 4.69) is 41.3 Å². The lowest BCUT2D eigenvalue weighted by molar-refractivity contribution is 0.179. The number of likely N-dealkylation sites (tertiary alicyclic amines) is 1. The molecule has 0 amide bonds. The van der Waals surface area contributed by atoms with Crippen molar-refractivity contribution < 1.29 is 0 Å². The molecule has 1 saturated heterocycles. The molecule has 0 spiro atoms. The molecule has 0 bridgehead atoms. The second-order valence-corrected chi connectivity index (χ2v) is 8.18. The lowest BCUT2D eigenvalue weighted by Gasteiger charge is -2.33. The van der Waals surface area contributed by atoms with Crippen LogP contribution in [-0.4, -0.2) is 31.1 Å². The van der Waals surface area contributed by atoms with Gasteiger partial charge < -0.3 is 10.6 Å². The van der Waals surface area contributed by atoms with E-state index in [1.165, 1.54) is 43.5 Å². The molecule has 0 aliphatic carbocycles. The number of nitrogens with zero attached hydrogens (tertiary/aromatic N) is 1. The van der Waals surface area contributed by atoms with Crippen molar-refractivity contribution in [1.82, 2.24) is 4.90 Å². The third-order valence-corrected chi connectivity index (χ3v) is 6.31. The van der Waals surface area contributed by atoms with Crippen LogP contribution in [0.4, 0.5) is 0 Å². The minimum atomic E-state index is 0.340. The van der Waals surface area contributed by atoms with Crippen molar-refractivity contribution in [3.8, 4) is 0 Å². The minimum Gasteiger partial charge on any atom is -0.330 e. The second kappa shape index (κ2) is 9.75. The van der Waals surface area contributed by atoms with Crippen LogP contribution < -0.4 is 5.73 Å². The predicted octanol–water partition coefficient (Wildman–Crippen LogP) is 5.38. The van der Waals surface area contributed by atoms with Gasteiger partial charge in [0.05, 0.1) is 10.0 Å². The Kier molecular flexibility index (Phi) is 7.39. The topological polar surface area (TPSA) is 29.3 Å². The fourth-order valence-electron chi connectivity index (χ4n) is 3.89. The van der Waals surface area contributed by atoms with Crippen LogP contribution in [0.1, 0.15) is 36.3 Å². The molecule has 2 N–H and O–H groups in total. The van der Waals surface area contributed by atoms with E-state index in [0.717, 1.165) is 18.9 Å². The Hall–Kier alpha value is -1.06. The highest BCUT2D eigenvalue weighted by molar-refractivity contribution is 6.42. The van der Waals surface area contributed by atoms with Crippen LogP contribution in [0.25, 0.3) is 0 Å². The van der Waals surface area contributed by atoms with Crippen LogP contribution >= 0.6 is 23.2 Å². The summed E-state index contributed by atoms with van der Waals surface area (Å²) in [6, 6.07) is 16.8. The molecule has 4 heteroatoms. The summed E-state index contributed by atoms with van der Waals surface area (Å²) in [5.41, 5.74) is 8.68. The van der Waals surface area contributed by atoms with E-state index in [1.807, 2.05) is 12.1 Å². The third-order valence-electron chi connectivity index (χ3n) is 5.57. The number of hydrogen-bond acceptors (Lipinski definition) is 2. The standard InChI is InChI=1S/C22H28Cl2N2/c23-21-7-6-19(15-22(21)24)20(16-25)10-13-26-11-8-18(9-12-26)14-17-4-2-1-3-5-17/h1-7,15,18,20H,8-14,16,25H2. The molecule has 1 atom stereocenters. The Bertz CT molecular complexity index is 682. The van der Waals surface area contributed by atoms with Gasteiger partial charge in [-0.25, -0.2) is 0 Å². The zero-order valence-corrected chi connectivity index (χ0v) is 16.7. The van der Waals surface area contributed by atoms with Crippen molar-refractivity contribution >= 4 is 23.2 Å². The van der Waals surface area contributed by atoms with Gasteiger partial charge in [0.15, 0.2) is 0 Å².